The van der Waals surface area contributed by atoms with Crippen molar-refractivity contribution in [2.24, 2.45) is 5.73 Å². The predicted molar refractivity (Wildman–Crippen MR) is 82.9 cm³/mol. The largest absolute Gasteiger partial charge is 0.492 e. The summed E-state index contributed by atoms with van der Waals surface area (Å²) in [7, 11) is 2.04. The molecule has 0 unspecified atom stereocenters. The van der Waals surface area contributed by atoms with Crippen LogP contribution in [0.3, 0.4) is 0 Å². The SMILES string of the molecule is CN(CCOc1ccc(C#CCN)cc1)Cc1ccco1. The molecule has 4 nitrogen and oxygen atoms in total. The number of nitrogens with two attached hydrogens (primary N) is 1. The minimum absolute atomic E-state index is 0.375. The van der Waals surface area contributed by atoms with Crippen LogP contribution >= 0.6 is 0 Å². The van der Waals surface area contributed by atoms with E-state index in [2.05, 4.69) is 16.7 Å². The molecule has 0 fully saturated rings. The first-order valence-corrected chi connectivity index (χ1v) is 6.90. The van der Waals surface area contributed by atoms with E-state index < -0.39 is 0 Å². The molecule has 110 valence electrons. The van der Waals surface area contributed by atoms with Gasteiger partial charge in [0.2, 0.25) is 0 Å². The summed E-state index contributed by atoms with van der Waals surface area (Å²) < 4.78 is 11.0. The molecule has 0 atom stereocenters. The molecule has 0 aliphatic carbocycles. The van der Waals surface area contributed by atoms with Gasteiger partial charge in [0, 0.05) is 12.1 Å². The maximum Gasteiger partial charge on any atom is 0.119 e. The molecule has 0 radical (unpaired) electrons. The van der Waals surface area contributed by atoms with Crippen LogP contribution in [-0.4, -0.2) is 31.6 Å². The van der Waals surface area contributed by atoms with Crippen LogP contribution in [0.15, 0.2) is 47.1 Å². The van der Waals surface area contributed by atoms with Gasteiger partial charge in [-0.15, -0.1) is 0 Å². The van der Waals surface area contributed by atoms with E-state index in [1.54, 1.807) is 6.26 Å². The van der Waals surface area contributed by atoms with Crippen LogP contribution < -0.4 is 10.5 Å². The molecule has 0 aliphatic rings. The van der Waals surface area contributed by atoms with E-state index in [0.717, 1.165) is 30.2 Å². The van der Waals surface area contributed by atoms with Crippen molar-refractivity contribution in [1.82, 2.24) is 4.90 Å². The van der Waals surface area contributed by atoms with Crippen molar-refractivity contribution in [3.8, 4) is 17.6 Å². The molecule has 1 aromatic heterocycles. The zero-order valence-corrected chi connectivity index (χ0v) is 12.2. The lowest BCUT2D eigenvalue weighted by Gasteiger charge is -2.15. The fourth-order valence-corrected chi connectivity index (χ4v) is 1.85. The van der Waals surface area contributed by atoms with Crippen molar-refractivity contribution < 1.29 is 9.15 Å². The number of ether oxygens (including phenoxy) is 1. The Labute approximate surface area is 125 Å². The highest BCUT2D eigenvalue weighted by Crippen LogP contribution is 2.11. The van der Waals surface area contributed by atoms with Crippen LogP contribution in [0.5, 0.6) is 5.75 Å². The summed E-state index contributed by atoms with van der Waals surface area (Å²) in [5.41, 5.74) is 6.29. The van der Waals surface area contributed by atoms with Gasteiger partial charge in [0.15, 0.2) is 0 Å². The topological polar surface area (TPSA) is 51.6 Å². The number of benzene rings is 1. The lowest BCUT2D eigenvalue weighted by Crippen LogP contribution is -2.23. The Bertz CT molecular complexity index is 579. The average Bonchev–Trinajstić information content (AvgIpc) is 2.99. The van der Waals surface area contributed by atoms with Gasteiger partial charge < -0.3 is 14.9 Å². The third-order valence-corrected chi connectivity index (χ3v) is 2.94. The average molecular weight is 284 g/mol. The normalized spacial score (nSPS) is 10.2. The van der Waals surface area contributed by atoms with E-state index in [-0.39, 0.29) is 0 Å². The zero-order chi connectivity index (χ0) is 14.9. The highest BCUT2D eigenvalue weighted by molar-refractivity contribution is 5.38. The van der Waals surface area contributed by atoms with Crippen LogP contribution in [0.25, 0.3) is 0 Å². The first kappa shape index (κ1) is 15.2. The summed E-state index contributed by atoms with van der Waals surface area (Å²) in [6.07, 6.45) is 1.69. The van der Waals surface area contributed by atoms with Crippen LogP contribution in [0.1, 0.15) is 11.3 Å². The molecule has 2 rings (SSSR count). The standard InChI is InChI=1S/C17H20N2O2/c1-19(14-17-5-3-12-20-17)11-13-21-16-8-6-15(7-9-16)4-2-10-18/h3,5-9,12H,10-11,13-14,18H2,1H3. The van der Waals surface area contributed by atoms with E-state index in [9.17, 15) is 0 Å². The third-order valence-electron chi connectivity index (χ3n) is 2.94. The van der Waals surface area contributed by atoms with Gasteiger partial charge in [-0.1, -0.05) is 11.8 Å². The second-order valence-corrected chi connectivity index (χ2v) is 4.70. The van der Waals surface area contributed by atoms with E-state index in [1.807, 2.05) is 43.4 Å². The minimum Gasteiger partial charge on any atom is -0.492 e. The van der Waals surface area contributed by atoms with Crippen LogP contribution in [0, 0.1) is 11.8 Å². The predicted octanol–water partition coefficient (Wildman–Crippen LogP) is 2.10. The molecule has 4 heteroatoms. The maximum atomic E-state index is 5.71. The molecule has 21 heavy (non-hydrogen) atoms. The molecule has 1 aromatic carbocycles. The van der Waals surface area contributed by atoms with Crippen molar-refractivity contribution >= 4 is 0 Å². The minimum atomic E-state index is 0.375. The number of rotatable bonds is 6. The molecular formula is C17H20N2O2. The van der Waals surface area contributed by atoms with Gasteiger partial charge in [0.1, 0.15) is 18.1 Å². The lowest BCUT2D eigenvalue weighted by atomic mass is 10.2. The van der Waals surface area contributed by atoms with Crippen molar-refractivity contribution in [2.45, 2.75) is 6.54 Å². The number of hydrogen-bond donors (Lipinski definition) is 1. The molecule has 0 saturated carbocycles. The molecule has 0 spiro atoms. The Balaban J connectivity index is 1.73. The Kier molecular flexibility index (Phi) is 5.89. The maximum absolute atomic E-state index is 5.71. The summed E-state index contributed by atoms with van der Waals surface area (Å²) in [5.74, 6) is 7.61. The Morgan fingerprint density at radius 1 is 1.24 bits per heavy atom. The Morgan fingerprint density at radius 2 is 2.05 bits per heavy atom. The fraction of sp³-hybridized carbons (Fsp3) is 0.294. The van der Waals surface area contributed by atoms with Gasteiger partial charge in [-0.2, -0.15) is 0 Å². The smallest absolute Gasteiger partial charge is 0.119 e. The summed E-state index contributed by atoms with van der Waals surface area (Å²) in [4.78, 5) is 2.15. The highest BCUT2D eigenvalue weighted by Gasteiger charge is 2.02. The molecule has 1 heterocycles. The van der Waals surface area contributed by atoms with Gasteiger partial charge >= 0.3 is 0 Å². The second-order valence-electron chi connectivity index (χ2n) is 4.70. The van der Waals surface area contributed by atoms with Gasteiger partial charge in [0.05, 0.1) is 19.4 Å². The molecule has 0 bridgehead atoms. The van der Waals surface area contributed by atoms with Crippen molar-refractivity contribution in [3.05, 3.63) is 54.0 Å². The summed E-state index contributed by atoms with van der Waals surface area (Å²) >= 11 is 0. The van der Waals surface area contributed by atoms with Crippen molar-refractivity contribution in [3.63, 3.8) is 0 Å². The zero-order valence-electron chi connectivity index (χ0n) is 12.2. The van der Waals surface area contributed by atoms with E-state index in [1.165, 1.54) is 0 Å². The van der Waals surface area contributed by atoms with E-state index >= 15 is 0 Å². The fourth-order valence-electron chi connectivity index (χ4n) is 1.85. The first-order chi connectivity index (χ1) is 10.3. The number of hydrogen-bond acceptors (Lipinski definition) is 4. The quantitative estimate of drug-likeness (QED) is 0.825. The van der Waals surface area contributed by atoms with Crippen molar-refractivity contribution in [2.75, 3.05) is 26.7 Å². The molecule has 2 N–H and O–H groups in total. The van der Waals surface area contributed by atoms with Gasteiger partial charge in [-0.05, 0) is 43.4 Å². The third kappa shape index (κ3) is 5.35. The summed E-state index contributed by atoms with van der Waals surface area (Å²) in [6.45, 7) is 2.62. The molecule has 0 amide bonds. The van der Waals surface area contributed by atoms with Gasteiger partial charge in [0.25, 0.3) is 0 Å². The molecular weight excluding hydrogens is 264 g/mol. The van der Waals surface area contributed by atoms with Gasteiger partial charge in [-0.25, -0.2) is 0 Å². The number of nitrogens with zero attached hydrogens (tertiary/aromatic N) is 1. The summed E-state index contributed by atoms with van der Waals surface area (Å²) in [6, 6.07) is 11.6. The van der Waals surface area contributed by atoms with Crippen LogP contribution in [0.4, 0.5) is 0 Å². The second kappa shape index (κ2) is 8.15. The number of likely N-dealkylation sites (N-methyl/N-ethyl adjacent to an activating group) is 1. The Hall–Kier alpha value is -2.22. The lowest BCUT2D eigenvalue weighted by molar-refractivity contribution is 0.222. The monoisotopic (exact) mass is 284 g/mol. The van der Waals surface area contributed by atoms with E-state index in [4.69, 9.17) is 14.9 Å². The molecule has 2 aromatic rings. The van der Waals surface area contributed by atoms with Gasteiger partial charge in [-0.3, -0.25) is 4.90 Å². The molecule has 0 aliphatic heterocycles. The Morgan fingerprint density at radius 3 is 2.71 bits per heavy atom. The first-order valence-electron chi connectivity index (χ1n) is 6.90. The number of furan rings is 1. The molecule has 0 saturated heterocycles. The van der Waals surface area contributed by atoms with Crippen LogP contribution in [-0.2, 0) is 6.54 Å². The highest BCUT2D eigenvalue weighted by atomic mass is 16.5. The van der Waals surface area contributed by atoms with Crippen LogP contribution in [0.2, 0.25) is 0 Å². The van der Waals surface area contributed by atoms with Crippen molar-refractivity contribution in [1.29, 1.82) is 0 Å². The summed E-state index contributed by atoms with van der Waals surface area (Å²) in [5, 5.41) is 0. The van der Waals surface area contributed by atoms with E-state index in [0.29, 0.717) is 13.2 Å².